The maximum Gasteiger partial charge on any atom is 0.0372 e. The predicted molar refractivity (Wildman–Crippen MR) is 62.6 cm³/mol. The van der Waals surface area contributed by atoms with E-state index >= 15 is 0 Å². The number of aryl methyl sites for hydroxylation is 1. The Morgan fingerprint density at radius 3 is 2.73 bits per heavy atom. The van der Waals surface area contributed by atoms with E-state index in [0.717, 1.165) is 18.8 Å². The van der Waals surface area contributed by atoms with Gasteiger partial charge in [0.1, 0.15) is 0 Å². The summed E-state index contributed by atoms with van der Waals surface area (Å²) < 4.78 is 0. The van der Waals surface area contributed by atoms with Crippen LogP contribution in [0.2, 0.25) is 0 Å². The first-order valence-electron chi connectivity index (χ1n) is 5.86. The fourth-order valence-corrected chi connectivity index (χ4v) is 1.91. The van der Waals surface area contributed by atoms with Gasteiger partial charge in [-0.05, 0) is 43.2 Å². The molecule has 2 rings (SSSR count). The van der Waals surface area contributed by atoms with Crippen LogP contribution in [0.5, 0.6) is 0 Å². The van der Waals surface area contributed by atoms with E-state index in [0.29, 0.717) is 5.41 Å². The Kier molecular flexibility index (Phi) is 3.06. The Balaban J connectivity index is 1.76. The quantitative estimate of drug-likeness (QED) is 0.797. The van der Waals surface area contributed by atoms with Gasteiger partial charge in [-0.15, -0.1) is 0 Å². The summed E-state index contributed by atoms with van der Waals surface area (Å²) in [5.41, 5.74) is 3.01. The summed E-state index contributed by atoms with van der Waals surface area (Å²) >= 11 is 0. The van der Waals surface area contributed by atoms with Crippen LogP contribution in [0.15, 0.2) is 18.3 Å². The highest BCUT2D eigenvalue weighted by molar-refractivity contribution is 5.12. The summed E-state index contributed by atoms with van der Waals surface area (Å²) in [4.78, 5) is 4.29. The molecule has 1 aliphatic rings. The highest BCUT2D eigenvalue weighted by Gasteiger charge is 2.39. The molecule has 2 heteroatoms. The zero-order valence-corrected chi connectivity index (χ0v) is 9.71. The number of nitrogens with one attached hydrogen (secondary N) is 1. The second kappa shape index (κ2) is 4.31. The summed E-state index contributed by atoms with van der Waals surface area (Å²) in [5.74, 6) is 0. The van der Waals surface area contributed by atoms with Gasteiger partial charge in [0.05, 0.1) is 0 Å². The fraction of sp³-hybridized carbons (Fsp3) is 0.615. The third kappa shape index (κ3) is 2.78. The van der Waals surface area contributed by atoms with E-state index in [1.807, 2.05) is 13.1 Å². The van der Waals surface area contributed by atoms with Crippen molar-refractivity contribution in [2.75, 3.05) is 6.54 Å². The van der Waals surface area contributed by atoms with Crippen LogP contribution >= 0.6 is 0 Å². The zero-order valence-electron chi connectivity index (χ0n) is 9.71. The van der Waals surface area contributed by atoms with Crippen molar-refractivity contribution >= 4 is 0 Å². The second-order valence-electron chi connectivity index (χ2n) is 4.76. The SMILES string of the molecule is CCC1(CNCc2ccc(C)nc2)CC1. The van der Waals surface area contributed by atoms with Gasteiger partial charge in [-0.25, -0.2) is 0 Å². The Bertz CT molecular complexity index is 312. The topological polar surface area (TPSA) is 24.9 Å². The number of rotatable bonds is 5. The molecule has 0 atom stereocenters. The molecule has 1 saturated carbocycles. The first kappa shape index (κ1) is 10.6. The van der Waals surface area contributed by atoms with Gasteiger partial charge < -0.3 is 5.32 Å². The molecule has 2 nitrogen and oxygen atoms in total. The minimum Gasteiger partial charge on any atom is -0.312 e. The van der Waals surface area contributed by atoms with Gasteiger partial charge in [0.25, 0.3) is 0 Å². The lowest BCUT2D eigenvalue weighted by Crippen LogP contribution is -2.23. The molecular weight excluding hydrogens is 184 g/mol. The molecule has 82 valence electrons. The minimum absolute atomic E-state index is 0.637. The largest absolute Gasteiger partial charge is 0.312 e. The van der Waals surface area contributed by atoms with E-state index in [4.69, 9.17) is 0 Å². The van der Waals surface area contributed by atoms with Crippen LogP contribution in [0.4, 0.5) is 0 Å². The number of aromatic nitrogens is 1. The van der Waals surface area contributed by atoms with Gasteiger partial charge in [0.2, 0.25) is 0 Å². The van der Waals surface area contributed by atoms with E-state index < -0.39 is 0 Å². The second-order valence-corrected chi connectivity index (χ2v) is 4.76. The number of hydrogen-bond acceptors (Lipinski definition) is 2. The molecule has 0 aliphatic heterocycles. The van der Waals surface area contributed by atoms with Crippen LogP contribution in [0, 0.1) is 12.3 Å². The summed E-state index contributed by atoms with van der Waals surface area (Å²) in [6.07, 6.45) is 6.09. The molecule has 0 unspecified atom stereocenters. The van der Waals surface area contributed by atoms with Crippen molar-refractivity contribution < 1.29 is 0 Å². The van der Waals surface area contributed by atoms with Crippen molar-refractivity contribution in [2.45, 2.75) is 39.7 Å². The van der Waals surface area contributed by atoms with E-state index in [9.17, 15) is 0 Å². The Morgan fingerprint density at radius 2 is 2.20 bits per heavy atom. The van der Waals surface area contributed by atoms with Gasteiger partial charge >= 0.3 is 0 Å². The third-order valence-electron chi connectivity index (χ3n) is 3.51. The molecule has 0 aromatic carbocycles. The van der Waals surface area contributed by atoms with Gasteiger partial charge in [0, 0.05) is 25.0 Å². The van der Waals surface area contributed by atoms with Crippen molar-refractivity contribution in [1.29, 1.82) is 0 Å². The smallest absolute Gasteiger partial charge is 0.0372 e. The van der Waals surface area contributed by atoms with Gasteiger partial charge in [-0.3, -0.25) is 4.98 Å². The van der Waals surface area contributed by atoms with Crippen LogP contribution < -0.4 is 5.32 Å². The van der Waals surface area contributed by atoms with Crippen LogP contribution in [-0.4, -0.2) is 11.5 Å². The molecule has 0 bridgehead atoms. The predicted octanol–water partition coefficient (Wildman–Crippen LogP) is 2.67. The molecule has 1 aromatic rings. The van der Waals surface area contributed by atoms with Crippen LogP contribution in [0.25, 0.3) is 0 Å². The van der Waals surface area contributed by atoms with E-state index in [1.165, 1.54) is 24.8 Å². The van der Waals surface area contributed by atoms with Crippen molar-refractivity contribution in [3.8, 4) is 0 Å². The normalized spacial score (nSPS) is 17.7. The fourth-order valence-electron chi connectivity index (χ4n) is 1.91. The third-order valence-corrected chi connectivity index (χ3v) is 3.51. The van der Waals surface area contributed by atoms with E-state index in [2.05, 4.69) is 29.4 Å². The molecule has 1 aromatic heterocycles. The summed E-state index contributed by atoms with van der Waals surface area (Å²) in [7, 11) is 0. The molecule has 0 radical (unpaired) electrons. The molecule has 1 fully saturated rings. The maximum atomic E-state index is 4.29. The summed E-state index contributed by atoms with van der Waals surface area (Å²) in [6.45, 7) is 6.43. The first-order valence-corrected chi connectivity index (χ1v) is 5.86. The van der Waals surface area contributed by atoms with Crippen molar-refractivity contribution in [3.05, 3.63) is 29.6 Å². The molecule has 1 N–H and O–H groups in total. The average Bonchev–Trinajstić information content (AvgIpc) is 3.02. The van der Waals surface area contributed by atoms with E-state index in [1.54, 1.807) is 0 Å². The average molecular weight is 204 g/mol. The molecule has 1 heterocycles. The minimum atomic E-state index is 0.637. The lowest BCUT2D eigenvalue weighted by molar-refractivity contribution is 0.443. The van der Waals surface area contributed by atoms with E-state index in [-0.39, 0.29) is 0 Å². The lowest BCUT2D eigenvalue weighted by atomic mass is 10.0. The highest BCUT2D eigenvalue weighted by atomic mass is 14.9. The Hall–Kier alpha value is -0.890. The number of pyridine rings is 1. The number of nitrogens with zero attached hydrogens (tertiary/aromatic N) is 1. The maximum absolute atomic E-state index is 4.29. The molecule has 15 heavy (non-hydrogen) atoms. The van der Waals surface area contributed by atoms with Gasteiger partial charge in [-0.1, -0.05) is 13.0 Å². The lowest BCUT2D eigenvalue weighted by Gasteiger charge is -2.13. The monoisotopic (exact) mass is 204 g/mol. The molecular formula is C13H20N2. The zero-order chi connectivity index (χ0) is 10.7. The van der Waals surface area contributed by atoms with Crippen molar-refractivity contribution in [3.63, 3.8) is 0 Å². The van der Waals surface area contributed by atoms with Crippen molar-refractivity contribution in [2.24, 2.45) is 5.41 Å². The van der Waals surface area contributed by atoms with Gasteiger partial charge in [-0.2, -0.15) is 0 Å². The summed E-state index contributed by atoms with van der Waals surface area (Å²) in [5, 5.41) is 3.53. The highest BCUT2D eigenvalue weighted by Crippen LogP contribution is 2.47. The Labute approximate surface area is 92.1 Å². The van der Waals surface area contributed by atoms with Crippen LogP contribution in [0.1, 0.15) is 37.4 Å². The van der Waals surface area contributed by atoms with Crippen molar-refractivity contribution in [1.82, 2.24) is 10.3 Å². The first-order chi connectivity index (χ1) is 7.24. The number of hydrogen-bond donors (Lipinski definition) is 1. The molecule has 0 amide bonds. The molecule has 1 aliphatic carbocycles. The Morgan fingerprint density at radius 1 is 1.40 bits per heavy atom. The van der Waals surface area contributed by atoms with Crippen LogP contribution in [-0.2, 0) is 6.54 Å². The standard InChI is InChI=1S/C13H20N2/c1-3-13(6-7-13)10-14-8-12-5-4-11(2)15-9-12/h4-5,9,14H,3,6-8,10H2,1-2H3. The molecule has 0 spiro atoms. The van der Waals surface area contributed by atoms with Gasteiger partial charge in [0.15, 0.2) is 0 Å². The molecule has 0 saturated heterocycles. The van der Waals surface area contributed by atoms with Crippen LogP contribution in [0.3, 0.4) is 0 Å². The summed E-state index contributed by atoms with van der Waals surface area (Å²) in [6, 6.07) is 4.23.